The summed E-state index contributed by atoms with van der Waals surface area (Å²) in [6.07, 6.45) is 4.01. The van der Waals surface area contributed by atoms with E-state index in [0.29, 0.717) is 6.42 Å². The number of carbonyl (C=O) groups is 1. The molecule has 1 aliphatic heterocycles. The molecule has 4 rings (SSSR count). The van der Waals surface area contributed by atoms with Crippen LogP contribution in [-0.4, -0.2) is 5.91 Å². The molecule has 96 valence electrons. The molecule has 3 nitrogen and oxygen atoms in total. The number of benzene rings is 1. The molecule has 19 heavy (non-hydrogen) atoms. The Morgan fingerprint density at radius 1 is 1.26 bits per heavy atom. The molecular weight excluding hydrogens is 256 g/mol. The maximum absolute atomic E-state index is 11.4. The number of fused-ring (bicyclic) bond motifs is 2. The first-order chi connectivity index (χ1) is 9.22. The predicted molar refractivity (Wildman–Crippen MR) is 78.5 cm³/mol. The summed E-state index contributed by atoms with van der Waals surface area (Å²) in [4.78, 5) is 12.9. The van der Waals surface area contributed by atoms with E-state index >= 15 is 0 Å². The molecule has 0 atom stereocenters. The van der Waals surface area contributed by atoms with Crippen molar-refractivity contribution >= 4 is 27.9 Å². The SMILES string of the molecule is Nc1sc2c(c1-c1ccc3c(c1)CC(=O)N3)CCC2. The fourth-order valence-corrected chi connectivity index (χ4v) is 4.31. The van der Waals surface area contributed by atoms with Crippen LogP contribution < -0.4 is 11.1 Å². The first-order valence-corrected chi connectivity index (χ1v) is 7.37. The highest BCUT2D eigenvalue weighted by molar-refractivity contribution is 7.16. The molecular formula is C15H14N2OS. The Morgan fingerprint density at radius 2 is 2.16 bits per heavy atom. The van der Waals surface area contributed by atoms with E-state index in [0.717, 1.165) is 34.7 Å². The molecule has 0 spiro atoms. The Morgan fingerprint density at radius 3 is 3.05 bits per heavy atom. The average molecular weight is 270 g/mol. The summed E-state index contributed by atoms with van der Waals surface area (Å²) in [6.45, 7) is 0. The van der Waals surface area contributed by atoms with Gasteiger partial charge < -0.3 is 11.1 Å². The highest BCUT2D eigenvalue weighted by Gasteiger charge is 2.24. The van der Waals surface area contributed by atoms with Gasteiger partial charge in [0, 0.05) is 16.1 Å². The Kier molecular flexibility index (Phi) is 2.23. The third-order valence-electron chi connectivity index (χ3n) is 3.97. The first-order valence-electron chi connectivity index (χ1n) is 6.55. The van der Waals surface area contributed by atoms with Gasteiger partial charge in [0.15, 0.2) is 0 Å². The van der Waals surface area contributed by atoms with Gasteiger partial charge in [-0.3, -0.25) is 4.79 Å². The standard InChI is InChI=1S/C15H14N2OS/c16-15-14(10-2-1-3-12(10)19-15)8-4-5-11-9(6-8)7-13(18)17-11/h4-6H,1-3,7,16H2,(H,17,18). The van der Waals surface area contributed by atoms with E-state index in [2.05, 4.69) is 17.4 Å². The minimum Gasteiger partial charge on any atom is -0.390 e. The van der Waals surface area contributed by atoms with Gasteiger partial charge in [0.05, 0.1) is 11.4 Å². The van der Waals surface area contributed by atoms with Crippen LogP contribution in [0.2, 0.25) is 0 Å². The fourth-order valence-electron chi connectivity index (χ4n) is 3.13. The maximum atomic E-state index is 11.4. The van der Waals surface area contributed by atoms with Gasteiger partial charge in [-0.05, 0) is 48.1 Å². The molecule has 4 heteroatoms. The molecule has 3 N–H and O–H groups in total. The van der Waals surface area contributed by atoms with Crippen LogP contribution in [0.1, 0.15) is 22.4 Å². The second kappa shape index (κ2) is 3.84. The molecule has 0 saturated heterocycles. The van der Waals surface area contributed by atoms with Gasteiger partial charge in [0.25, 0.3) is 0 Å². The third-order valence-corrected chi connectivity index (χ3v) is 5.09. The molecule has 0 bridgehead atoms. The number of hydrogen-bond donors (Lipinski definition) is 2. The van der Waals surface area contributed by atoms with Crippen LogP contribution in [0, 0.1) is 0 Å². The summed E-state index contributed by atoms with van der Waals surface area (Å²) in [7, 11) is 0. The predicted octanol–water partition coefficient (Wildman–Crippen LogP) is 2.98. The maximum Gasteiger partial charge on any atom is 0.228 e. The van der Waals surface area contributed by atoms with Crippen molar-refractivity contribution < 1.29 is 4.79 Å². The zero-order valence-electron chi connectivity index (χ0n) is 10.5. The topological polar surface area (TPSA) is 55.1 Å². The number of aryl methyl sites for hydroxylation is 1. The van der Waals surface area contributed by atoms with Gasteiger partial charge >= 0.3 is 0 Å². The van der Waals surface area contributed by atoms with E-state index < -0.39 is 0 Å². The van der Waals surface area contributed by atoms with E-state index in [9.17, 15) is 4.79 Å². The smallest absolute Gasteiger partial charge is 0.228 e. The third kappa shape index (κ3) is 1.60. The highest BCUT2D eigenvalue weighted by Crippen LogP contribution is 2.44. The lowest BCUT2D eigenvalue weighted by Crippen LogP contribution is -2.03. The van der Waals surface area contributed by atoms with Crippen LogP contribution in [0.15, 0.2) is 18.2 Å². The summed E-state index contributed by atoms with van der Waals surface area (Å²) < 4.78 is 0. The van der Waals surface area contributed by atoms with Crippen molar-refractivity contribution in [3.8, 4) is 11.1 Å². The van der Waals surface area contributed by atoms with Gasteiger partial charge in [-0.1, -0.05) is 6.07 Å². The van der Waals surface area contributed by atoms with Gasteiger partial charge in [-0.15, -0.1) is 11.3 Å². The Balaban J connectivity index is 1.86. The van der Waals surface area contributed by atoms with Gasteiger partial charge in [0.1, 0.15) is 0 Å². The minimum absolute atomic E-state index is 0.0793. The molecule has 2 aromatic rings. The van der Waals surface area contributed by atoms with E-state index in [4.69, 9.17) is 5.73 Å². The summed E-state index contributed by atoms with van der Waals surface area (Å²) in [5.74, 6) is 0.0793. The van der Waals surface area contributed by atoms with Gasteiger partial charge in [-0.25, -0.2) is 0 Å². The number of hydrogen-bond acceptors (Lipinski definition) is 3. The van der Waals surface area contributed by atoms with Crippen molar-refractivity contribution in [2.24, 2.45) is 0 Å². The second-order valence-corrected chi connectivity index (χ2v) is 6.33. The van der Waals surface area contributed by atoms with E-state index in [1.807, 2.05) is 6.07 Å². The van der Waals surface area contributed by atoms with Crippen molar-refractivity contribution in [2.45, 2.75) is 25.7 Å². The average Bonchev–Trinajstić information content (AvgIpc) is 3.00. The molecule has 1 amide bonds. The van der Waals surface area contributed by atoms with Gasteiger partial charge in [0.2, 0.25) is 5.91 Å². The molecule has 0 radical (unpaired) electrons. The molecule has 1 aliphatic carbocycles. The summed E-state index contributed by atoms with van der Waals surface area (Å²) in [5, 5.41) is 3.79. The number of anilines is 2. The van der Waals surface area contributed by atoms with Crippen LogP contribution in [0.4, 0.5) is 10.7 Å². The lowest BCUT2D eigenvalue weighted by Gasteiger charge is -2.06. The Bertz CT molecular complexity index is 702. The molecule has 2 aliphatic rings. The van der Waals surface area contributed by atoms with E-state index in [-0.39, 0.29) is 5.91 Å². The monoisotopic (exact) mass is 270 g/mol. The molecule has 2 heterocycles. The van der Waals surface area contributed by atoms with Gasteiger partial charge in [-0.2, -0.15) is 0 Å². The highest BCUT2D eigenvalue weighted by atomic mass is 32.1. The molecule has 1 aromatic carbocycles. The van der Waals surface area contributed by atoms with Crippen LogP contribution in [0.5, 0.6) is 0 Å². The fraction of sp³-hybridized carbons (Fsp3) is 0.267. The number of nitrogen functional groups attached to an aromatic ring is 1. The molecule has 0 saturated carbocycles. The van der Waals surface area contributed by atoms with Crippen LogP contribution in [0.3, 0.4) is 0 Å². The van der Waals surface area contributed by atoms with Crippen molar-refractivity contribution in [1.82, 2.24) is 0 Å². The Labute approximate surface area is 115 Å². The van der Waals surface area contributed by atoms with Crippen molar-refractivity contribution in [3.63, 3.8) is 0 Å². The van der Waals surface area contributed by atoms with Crippen LogP contribution in [0.25, 0.3) is 11.1 Å². The summed E-state index contributed by atoms with van der Waals surface area (Å²) >= 11 is 1.73. The summed E-state index contributed by atoms with van der Waals surface area (Å²) in [6, 6.07) is 6.18. The lowest BCUT2D eigenvalue weighted by molar-refractivity contribution is -0.115. The molecule has 0 fully saturated rings. The first kappa shape index (κ1) is 11.1. The minimum atomic E-state index is 0.0793. The zero-order valence-corrected chi connectivity index (χ0v) is 11.3. The van der Waals surface area contributed by atoms with Crippen molar-refractivity contribution in [2.75, 3.05) is 11.1 Å². The van der Waals surface area contributed by atoms with Crippen LogP contribution >= 0.6 is 11.3 Å². The largest absolute Gasteiger partial charge is 0.390 e. The van der Waals surface area contributed by atoms with E-state index in [1.165, 1.54) is 22.4 Å². The zero-order chi connectivity index (χ0) is 13.0. The quantitative estimate of drug-likeness (QED) is 0.837. The number of carbonyl (C=O) groups excluding carboxylic acids is 1. The number of nitrogens with one attached hydrogen (secondary N) is 1. The summed E-state index contributed by atoms with van der Waals surface area (Å²) in [5.41, 5.74) is 12.0. The number of nitrogens with two attached hydrogens (primary N) is 1. The van der Waals surface area contributed by atoms with Crippen molar-refractivity contribution in [1.29, 1.82) is 0 Å². The number of amides is 1. The molecule has 1 aromatic heterocycles. The number of rotatable bonds is 1. The lowest BCUT2D eigenvalue weighted by atomic mass is 9.99. The Hall–Kier alpha value is -1.81. The normalized spacial score (nSPS) is 16.3. The second-order valence-electron chi connectivity index (χ2n) is 5.19. The number of thiophene rings is 1. The van der Waals surface area contributed by atoms with E-state index in [1.54, 1.807) is 11.3 Å². The van der Waals surface area contributed by atoms with Crippen molar-refractivity contribution in [3.05, 3.63) is 34.2 Å². The molecule has 0 unspecified atom stereocenters. The van der Waals surface area contributed by atoms with Crippen LogP contribution in [-0.2, 0) is 24.1 Å².